The highest BCUT2D eigenvalue weighted by Gasteiger charge is 2.27. The maximum absolute atomic E-state index is 6.06. The molecule has 3 heteroatoms. The van der Waals surface area contributed by atoms with Gasteiger partial charge in [-0.2, -0.15) is 0 Å². The van der Waals surface area contributed by atoms with Crippen LogP contribution in [-0.2, 0) is 6.54 Å². The number of nitrogens with zero attached hydrogens (tertiary/aromatic N) is 1. The fourth-order valence-corrected chi connectivity index (χ4v) is 2.65. The van der Waals surface area contributed by atoms with E-state index in [0.29, 0.717) is 6.04 Å². The lowest BCUT2D eigenvalue weighted by Gasteiger charge is -2.27. The molecule has 0 amide bonds. The van der Waals surface area contributed by atoms with Gasteiger partial charge in [-0.1, -0.05) is 31.9 Å². The molecule has 0 aliphatic carbocycles. The van der Waals surface area contributed by atoms with Gasteiger partial charge in [-0.25, -0.2) is 0 Å². The first-order valence-electron chi connectivity index (χ1n) is 6.93. The van der Waals surface area contributed by atoms with Crippen LogP contribution in [0.25, 0.3) is 5.70 Å². The van der Waals surface area contributed by atoms with Crippen LogP contribution in [0.2, 0.25) is 0 Å². The van der Waals surface area contributed by atoms with Crippen molar-refractivity contribution in [1.29, 1.82) is 0 Å². The summed E-state index contributed by atoms with van der Waals surface area (Å²) in [6.45, 7) is 14.9. The number of hydrogen-bond acceptors (Lipinski definition) is 3. The largest absolute Gasteiger partial charge is 0.398 e. The van der Waals surface area contributed by atoms with Crippen LogP contribution in [0.1, 0.15) is 30.9 Å². The van der Waals surface area contributed by atoms with E-state index in [9.17, 15) is 0 Å². The Kier molecular flexibility index (Phi) is 4.18. The molecule has 1 atom stereocenters. The van der Waals surface area contributed by atoms with E-state index in [1.54, 1.807) is 6.20 Å². The number of rotatable bonds is 6. The van der Waals surface area contributed by atoms with Crippen molar-refractivity contribution in [2.45, 2.75) is 32.4 Å². The second-order valence-corrected chi connectivity index (χ2v) is 5.29. The van der Waals surface area contributed by atoms with Gasteiger partial charge in [0.05, 0.1) is 0 Å². The molecule has 1 aliphatic heterocycles. The fourth-order valence-electron chi connectivity index (χ4n) is 2.65. The van der Waals surface area contributed by atoms with Gasteiger partial charge in [0, 0.05) is 40.8 Å². The molecule has 0 bridgehead atoms. The average molecular weight is 269 g/mol. The van der Waals surface area contributed by atoms with Gasteiger partial charge in [0.1, 0.15) is 0 Å². The fraction of sp³-hybridized carbons (Fsp3) is 0.294. The summed E-state index contributed by atoms with van der Waals surface area (Å²) in [6, 6.07) is 6.44. The summed E-state index contributed by atoms with van der Waals surface area (Å²) in [5.74, 6) is 0. The van der Waals surface area contributed by atoms with Crippen LogP contribution in [0.15, 0.2) is 49.8 Å². The monoisotopic (exact) mass is 269 g/mol. The molecular weight excluding hydrogens is 246 g/mol. The minimum Gasteiger partial charge on any atom is -0.398 e. The van der Waals surface area contributed by atoms with Gasteiger partial charge >= 0.3 is 0 Å². The van der Waals surface area contributed by atoms with Crippen molar-refractivity contribution in [3.63, 3.8) is 0 Å². The third kappa shape index (κ3) is 2.72. The normalized spacial score (nSPS) is 14.8. The first-order chi connectivity index (χ1) is 9.54. The zero-order valence-electron chi connectivity index (χ0n) is 12.2. The van der Waals surface area contributed by atoms with Gasteiger partial charge < -0.3 is 16.0 Å². The molecule has 20 heavy (non-hydrogen) atoms. The summed E-state index contributed by atoms with van der Waals surface area (Å²) >= 11 is 0. The van der Waals surface area contributed by atoms with Gasteiger partial charge in [-0.3, -0.25) is 0 Å². The number of anilines is 1. The topological polar surface area (TPSA) is 41.3 Å². The third-order valence-corrected chi connectivity index (χ3v) is 3.90. The molecule has 3 nitrogen and oxygen atoms in total. The lowest BCUT2D eigenvalue weighted by Crippen LogP contribution is -2.27. The Balaban J connectivity index is 2.02. The smallest absolute Gasteiger partial charge is 0.0459 e. The molecule has 1 unspecified atom stereocenters. The zero-order chi connectivity index (χ0) is 14.7. The van der Waals surface area contributed by atoms with E-state index in [-0.39, 0.29) is 0 Å². The van der Waals surface area contributed by atoms with E-state index in [2.05, 4.69) is 42.9 Å². The molecule has 0 aromatic heterocycles. The van der Waals surface area contributed by atoms with E-state index in [1.807, 2.05) is 12.1 Å². The van der Waals surface area contributed by atoms with Crippen molar-refractivity contribution in [2.75, 3.05) is 5.73 Å². The highest BCUT2D eigenvalue weighted by atomic mass is 15.2. The molecule has 0 fully saturated rings. The SMILES string of the molecule is C=CNC(=C)CCC(C)N1Cc2c(N)cccc2C1=C. The number of fused-ring (bicyclic) bond motifs is 1. The highest BCUT2D eigenvalue weighted by molar-refractivity contribution is 5.74. The van der Waals surface area contributed by atoms with Crippen LogP contribution in [0.3, 0.4) is 0 Å². The molecule has 0 saturated carbocycles. The van der Waals surface area contributed by atoms with Gasteiger partial charge in [0.2, 0.25) is 0 Å². The summed E-state index contributed by atoms with van der Waals surface area (Å²) in [5.41, 5.74) is 11.4. The number of nitrogens with two attached hydrogens (primary N) is 1. The number of nitrogen functional groups attached to an aromatic ring is 1. The quantitative estimate of drug-likeness (QED) is 0.777. The summed E-state index contributed by atoms with van der Waals surface area (Å²) < 4.78 is 0. The molecule has 106 valence electrons. The first-order valence-corrected chi connectivity index (χ1v) is 6.93. The van der Waals surface area contributed by atoms with E-state index in [4.69, 9.17) is 5.73 Å². The molecule has 0 spiro atoms. The van der Waals surface area contributed by atoms with Crippen molar-refractivity contribution >= 4 is 11.4 Å². The van der Waals surface area contributed by atoms with Crippen molar-refractivity contribution in [2.24, 2.45) is 0 Å². The van der Waals surface area contributed by atoms with Crippen LogP contribution in [0.5, 0.6) is 0 Å². The predicted octanol–water partition coefficient (Wildman–Crippen LogP) is 3.47. The average Bonchev–Trinajstić information content (AvgIpc) is 2.76. The molecular formula is C17H23N3. The Hall–Kier alpha value is -2.16. The summed E-state index contributed by atoms with van der Waals surface area (Å²) in [5, 5.41) is 3.04. The van der Waals surface area contributed by atoms with Crippen LogP contribution < -0.4 is 11.1 Å². The molecule has 1 aromatic carbocycles. The molecule has 1 aromatic rings. The summed E-state index contributed by atoms with van der Waals surface area (Å²) in [7, 11) is 0. The highest BCUT2D eigenvalue weighted by Crippen LogP contribution is 2.36. The van der Waals surface area contributed by atoms with Crippen LogP contribution in [0, 0.1) is 0 Å². The van der Waals surface area contributed by atoms with Gasteiger partial charge in [0.25, 0.3) is 0 Å². The summed E-state index contributed by atoms with van der Waals surface area (Å²) in [4.78, 5) is 2.32. The summed E-state index contributed by atoms with van der Waals surface area (Å²) in [6.07, 6.45) is 3.60. The minimum absolute atomic E-state index is 0.401. The number of allylic oxidation sites excluding steroid dienone is 1. The molecule has 0 radical (unpaired) electrons. The third-order valence-electron chi connectivity index (χ3n) is 3.90. The maximum atomic E-state index is 6.06. The van der Waals surface area contributed by atoms with Crippen molar-refractivity contribution in [1.82, 2.24) is 10.2 Å². The number of benzene rings is 1. The van der Waals surface area contributed by atoms with Crippen molar-refractivity contribution in [3.05, 3.63) is 61.0 Å². The van der Waals surface area contributed by atoms with Crippen LogP contribution in [-0.4, -0.2) is 10.9 Å². The van der Waals surface area contributed by atoms with Gasteiger partial charge in [0.15, 0.2) is 0 Å². The number of nitrogens with one attached hydrogen (secondary N) is 1. The number of hydrogen-bond donors (Lipinski definition) is 2. The predicted molar refractivity (Wildman–Crippen MR) is 86.6 cm³/mol. The van der Waals surface area contributed by atoms with Crippen LogP contribution in [0.4, 0.5) is 5.69 Å². The van der Waals surface area contributed by atoms with Gasteiger partial charge in [-0.05, 0) is 32.0 Å². The molecule has 1 heterocycles. The van der Waals surface area contributed by atoms with E-state index in [1.165, 1.54) is 11.1 Å². The first kappa shape index (κ1) is 14.3. The standard InChI is InChI=1S/C17H23N3/c1-5-19-12(2)9-10-13(3)20-11-16-15(14(20)4)7-6-8-17(16)18/h5-8,13,19H,1-2,4,9-11,18H2,3H3. The Bertz CT molecular complexity index is 545. The van der Waals surface area contributed by atoms with Crippen molar-refractivity contribution < 1.29 is 0 Å². The van der Waals surface area contributed by atoms with E-state index < -0.39 is 0 Å². The Morgan fingerprint density at radius 2 is 2.30 bits per heavy atom. The van der Waals surface area contributed by atoms with E-state index in [0.717, 1.165) is 36.5 Å². The minimum atomic E-state index is 0.401. The Labute approximate surface area is 121 Å². The molecule has 3 N–H and O–H groups in total. The van der Waals surface area contributed by atoms with E-state index >= 15 is 0 Å². The maximum Gasteiger partial charge on any atom is 0.0459 e. The molecule has 0 saturated heterocycles. The Morgan fingerprint density at radius 1 is 1.55 bits per heavy atom. The lowest BCUT2D eigenvalue weighted by molar-refractivity contribution is 0.303. The second kappa shape index (κ2) is 5.87. The Morgan fingerprint density at radius 3 is 2.95 bits per heavy atom. The zero-order valence-corrected chi connectivity index (χ0v) is 12.2. The molecule has 1 aliphatic rings. The van der Waals surface area contributed by atoms with Crippen molar-refractivity contribution in [3.8, 4) is 0 Å². The molecule has 2 rings (SSSR count). The van der Waals surface area contributed by atoms with Crippen LogP contribution >= 0.6 is 0 Å². The van der Waals surface area contributed by atoms with Gasteiger partial charge in [-0.15, -0.1) is 0 Å². The lowest BCUT2D eigenvalue weighted by atomic mass is 10.1. The second-order valence-electron chi connectivity index (χ2n) is 5.29.